The summed E-state index contributed by atoms with van der Waals surface area (Å²) in [5.74, 6) is 6.51. The summed E-state index contributed by atoms with van der Waals surface area (Å²) in [5.41, 5.74) is 1.12. The maximum Gasteiger partial charge on any atom is 0.139 e. The van der Waals surface area contributed by atoms with Crippen molar-refractivity contribution in [1.29, 1.82) is 0 Å². The molecule has 0 bridgehead atoms. The van der Waals surface area contributed by atoms with Crippen LogP contribution in [0.1, 0.15) is 32.3 Å². The van der Waals surface area contributed by atoms with E-state index in [1.807, 2.05) is 18.2 Å². The Morgan fingerprint density at radius 2 is 1.62 bits per heavy atom. The Kier molecular flexibility index (Phi) is 6.37. The molecule has 1 rings (SSSR count). The Balaban J connectivity index is 2.45. The van der Waals surface area contributed by atoms with E-state index in [1.165, 1.54) is 25.9 Å². The molecule has 0 aromatic heterocycles. The quantitative estimate of drug-likeness (QED) is 0.715. The fourth-order valence-electron chi connectivity index (χ4n) is 1.80. The van der Waals surface area contributed by atoms with Crippen molar-refractivity contribution in [3.8, 4) is 11.8 Å². The molecule has 0 saturated heterocycles. The summed E-state index contributed by atoms with van der Waals surface area (Å²) in [4.78, 5) is 1.61. The van der Waals surface area contributed by atoms with E-state index in [9.17, 15) is 0 Å². The van der Waals surface area contributed by atoms with Crippen LogP contribution in [0.15, 0.2) is 30.3 Å². The highest BCUT2D eigenvalue weighted by atomic mass is 15.1. The third-order valence-electron chi connectivity index (χ3n) is 2.55. The molecule has 0 atom stereocenters. The third kappa shape index (κ3) is 5.00. The van der Waals surface area contributed by atoms with Crippen LogP contribution < -0.4 is 4.90 Å². The largest absolute Gasteiger partial charge is 0.325 e. The van der Waals surface area contributed by atoms with Crippen LogP contribution in [0.25, 0.3) is 0 Å². The standard InChI is InChI=1S/C15H21N/c1-3-12-16(13-4-2)14-8-11-15-9-6-5-7-10-15/h5-7,9-10H,3-4,12-14H2,1-2H3/p+1. The molecule has 1 aromatic rings. The van der Waals surface area contributed by atoms with Gasteiger partial charge in [-0.25, -0.2) is 0 Å². The highest BCUT2D eigenvalue weighted by Crippen LogP contribution is 1.93. The van der Waals surface area contributed by atoms with E-state index < -0.39 is 0 Å². The van der Waals surface area contributed by atoms with Gasteiger partial charge in [0, 0.05) is 5.56 Å². The maximum atomic E-state index is 3.28. The summed E-state index contributed by atoms with van der Waals surface area (Å²) in [6, 6.07) is 10.2. The van der Waals surface area contributed by atoms with Crippen molar-refractivity contribution in [2.24, 2.45) is 0 Å². The van der Waals surface area contributed by atoms with Crippen LogP contribution in [-0.2, 0) is 0 Å². The first-order valence-electron chi connectivity index (χ1n) is 6.24. The SMILES string of the molecule is CCC[NH+](CC#Cc1ccccc1)CCC. The van der Waals surface area contributed by atoms with Crippen molar-refractivity contribution < 1.29 is 4.90 Å². The fraction of sp³-hybridized carbons (Fsp3) is 0.467. The Morgan fingerprint density at radius 1 is 1.00 bits per heavy atom. The average molecular weight is 216 g/mol. The first kappa shape index (κ1) is 12.8. The number of rotatable bonds is 5. The van der Waals surface area contributed by atoms with Crippen LogP contribution in [0.2, 0.25) is 0 Å². The second-order valence-corrected chi connectivity index (χ2v) is 4.09. The van der Waals surface area contributed by atoms with Crippen molar-refractivity contribution >= 4 is 0 Å². The lowest BCUT2D eigenvalue weighted by Crippen LogP contribution is -3.11. The van der Waals surface area contributed by atoms with Crippen molar-refractivity contribution in [3.63, 3.8) is 0 Å². The van der Waals surface area contributed by atoms with Gasteiger partial charge in [0.25, 0.3) is 0 Å². The minimum atomic E-state index is 0.969. The zero-order valence-corrected chi connectivity index (χ0v) is 10.4. The van der Waals surface area contributed by atoms with Gasteiger partial charge in [-0.05, 0) is 30.9 Å². The second kappa shape index (κ2) is 7.96. The fourth-order valence-corrected chi connectivity index (χ4v) is 1.80. The molecule has 16 heavy (non-hydrogen) atoms. The lowest BCUT2D eigenvalue weighted by Gasteiger charge is -2.14. The molecule has 86 valence electrons. The van der Waals surface area contributed by atoms with Crippen molar-refractivity contribution in [3.05, 3.63) is 35.9 Å². The van der Waals surface area contributed by atoms with Crippen LogP contribution in [0, 0.1) is 11.8 Å². The van der Waals surface area contributed by atoms with E-state index in [0.29, 0.717) is 0 Å². The number of hydrogen-bond donors (Lipinski definition) is 1. The molecule has 1 nitrogen and oxygen atoms in total. The first-order valence-corrected chi connectivity index (χ1v) is 6.24. The highest BCUT2D eigenvalue weighted by molar-refractivity contribution is 5.33. The smallest absolute Gasteiger partial charge is 0.139 e. The zero-order valence-electron chi connectivity index (χ0n) is 10.4. The van der Waals surface area contributed by atoms with Gasteiger partial charge >= 0.3 is 0 Å². The number of quaternary nitrogens is 1. The molecule has 0 amide bonds. The molecule has 0 heterocycles. The van der Waals surface area contributed by atoms with E-state index in [-0.39, 0.29) is 0 Å². The topological polar surface area (TPSA) is 4.44 Å². The lowest BCUT2D eigenvalue weighted by molar-refractivity contribution is -0.892. The Morgan fingerprint density at radius 3 is 2.19 bits per heavy atom. The van der Waals surface area contributed by atoms with Gasteiger partial charge < -0.3 is 4.90 Å². The van der Waals surface area contributed by atoms with Crippen LogP contribution in [0.4, 0.5) is 0 Å². The molecule has 0 saturated carbocycles. The summed E-state index contributed by atoms with van der Waals surface area (Å²) in [7, 11) is 0. The van der Waals surface area contributed by atoms with Gasteiger partial charge in [-0.15, -0.1) is 0 Å². The summed E-state index contributed by atoms with van der Waals surface area (Å²) in [6.45, 7) is 7.91. The van der Waals surface area contributed by atoms with Crippen LogP contribution in [0.5, 0.6) is 0 Å². The molecule has 0 spiro atoms. The van der Waals surface area contributed by atoms with E-state index in [1.54, 1.807) is 4.90 Å². The number of nitrogens with one attached hydrogen (secondary N) is 1. The maximum absolute atomic E-state index is 3.28. The van der Waals surface area contributed by atoms with Crippen molar-refractivity contribution in [2.75, 3.05) is 19.6 Å². The molecule has 1 heteroatoms. The van der Waals surface area contributed by atoms with E-state index in [0.717, 1.165) is 12.1 Å². The highest BCUT2D eigenvalue weighted by Gasteiger charge is 2.01. The molecule has 1 aromatic carbocycles. The van der Waals surface area contributed by atoms with E-state index in [2.05, 4.69) is 37.8 Å². The van der Waals surface area contributed by atoms with Gasteiger partial charge in [0.05, 0.1) is 13.1 Å². The molecular weight excluding hydrogens is 194 g/mol. The van der Waals surface area contributed by atoms with Crippen molar-refractivity contribution in [2.45, 2.75) is 26.7 Å². The number of hydrogen-bond acceptors (Lipinski definition) is 0. The summed E-state index contributed by atoms with van der Waals surface area (Å²) >= 11 is 0. The minimum absolute atomic E-state index is 0.969. The molecule has 0 aliphatic rings. The first-order chi connectivity index (χ1) is 7.86. The summed E-state index contributed by atoms with van der Waals surface area (Å²) < 4.78 is 0. The average Bonchev–Trinajstić information content (AvgIpc) is 2.31. The second-order valence-electron chi connectivity index (χ2n) is 4.09. The molecule has 0 aliphatic carbocycles. The molecule has 0 radical (unpaired) electrons. The number of benzene rings is 1. The van der Waals surface area contributed by atoms with Gasteiger partial charge in [-0.3, -0.25) is 0 Å². The lowest BCUT2D eigenvalue weighted by atomic mass is 10.2. The predicted molar refractivity (Wildman–Crippen MR) is 69.5 cm³/mol. The molecule has 0 fully saturated rings. The van der Waals surface area contributed by atoms with E-state index in [4.69, 9.17) is 0 Å². The zero-order chi connectivity index (χ0) is 11.6. The Labute approximate surface area is 99.5 Å². The molecular formula is C15H22N+. The van der Waals surface area contributed by atoms with Gasteiger partial charge in [0.2, 0.25) is 0 Å². The minimum Gasteiger partial charge on any atom is -0.325 e. The summed E-state index contributed by atoms with van der Waals surface area (Å²) in [5, 5.41) is 0. The van der Waals surface area contributed by atoms with E-state index >= 15 is 0 Å². The van der Waals surface area contributed by atoms with Gasteiger partial charge in [-0.2, -0.15) is 0 Å². The van der Waals surface area contributed by atoms with Crippen molar-refractivity contribution in [1.82, 2.24) is 0 Å². The molecule has 1 N–H and O–H groups in total. The molecule has 0 aliphatic heterocycles. The Bertz CT molecular complexity index is 325. The third-order valence-corrected chi connectivity index (χ3v) is 2.55. The van der Waals surface area contributed by atoms with Crippen LogP contribution in [0.3, 0.4) is 0 Å². The van der Waals surface area contributed by atoms with Gasteiger partial charge in [0.1, 0.15) is 6.54 Å². The molecule has 0 unspecified atom stereocenters. The van der Waals surface area contributed by atoms with Gasteiger partial charge in [-0.1, -0.05) is 38.0 Å². The predicted octanol–water partition coefficient (Wildman–Crippen LogP) is 1.74. The normalized spacial score (nSPS) is 9.94. The van der Waals surface area contributed by atoms with Crippen LogP contribution >= 0.6 is 0 Å². The van der Waals surface area contributed by atoms with Crippen LogP contribution in [-0.4, -0.2) is 19.6 Å². The summed E-state index contributed by atoms with van der Waals surface area (Å²) in [6.07, 6.45) is 2.48. The Hall–Kier alpha value is -1.26. The monoisotopic (exact) mass is 216 g/mol. The van der Waals surface area contributed by atoms with Gasteiger partial charge in [0.15, 0.2) is 0 Å².